The van der Waals surface area contributed by atoms with Crippen LogP contribution in [-0.2, 0) is 15.9 Å². The molecule has 0 N–H and O–H groups in total. The van der Waals surface area contributed by atoms with Crippen LogP contribution in [0.4, 0.5) is 0 Å². The van der Waals surface area contributed by atoms with Crippen LogP contribution in [0.1, 0.15) is 87.7 Å². The zero-order chi connectivity index (χ0) is 29.4. The molecule has 1 unspecified atom stereocenters. The molecular weight excluding hydrogens is 516 g/mol. The van der Waals surface area contributed by atoms with Gasteiger partial charge in [-0.3, -0.25) is 9.80 Å². The summed E-state index contributed by atoms with van der Waals surface area (Å²) in [6.07, 6.45) is 3.68. The molecule has 0 amide bonds. The van der Waals surface area contributed by atoms with Gasteiger partial charge in [0.25, 0.3) is 0 Å². The highest BCUT2D eigenvalue weighted by atomic mass is 16.5. The van der Waals surface area contributed by atoms with Crippen LogP contribution in [0.3, 0.4) is 0 Å². The molecule has 0 aliphatic carbocycles. The lowest BCUT2D eigenvalue weighted by atomic mass is 9.98. The first-order chi connectivity index (χ1) is 19.9. The van der Waals surface area contributed by atoms with Crippen molar-refractivity contribution < 1.29 is 18.9 Å². The Bertz CT molecular complexity index is 1070. The Morgan fingerprint density at radius 3 is 1.68 bits per heavy atom. The highest BCUT2D eigenvalue weighted by molar-refractivity contribution is 5.34. The Morgan fingerprint density at radius 1 is 0.780 bits per heavy atom. The lowest BCUT2D eigenvalue weighted by molar-refractivity contribution is 0.0342. The van der Waals surface area contributed by atoms with Gasteiger partial charge in [-0.2, -0.15) is 0 Å². The summed E-state index contributed by atoms with van der Waals surface area (Å²) in [4.78, 5) is 14.0. The van der Waals surface area contributed by atoms with Crippen molar-refractivity contribution in [1.29, 1.82) is 0 Å². The van der Waals surface area contributed by atoms with Crippen molar-refractivity contribution in [2.75, 3.05) is 66.7 Å². The Balaban J connectivity index is 0.000000178. The van der Waals surface area contributed by atoms with Crippen LogP contribution < -0.4 is 9.47 Å². The second-order valence-electron chi connectivity index (χ2n) is 11.9. The van der Waals surface area contributed by atoms with E-state index < -0.39 is 0 Å². The Morgan fingerprint density at radius 2 is 1.27 bits per heavy atom. The second-order valence-corrected chi connectivity index (χ2v) is 11.9. The maximum Gasteiger partial charge on any atom is 0.217 e. The third kappa shape index (κ3) is 8.40. The van der Waals surface area contributed by atoms with Crippen LogP contribution >= 0.6 is 0 Å². The van der Waals surface area contributed by atoms with Crippen LogP contribution in [0.2, 0.25) is 0 Å². The number of aryl methyl sites for hydroxylation is 1. The second kappa shape index (κ2) is 15.3. The fraction of sp³-hybridized carbons (Fsp3) is 0.697. The third-order valence-electron chi connectivity index (χ3n) is 8.17. The van der Waals surface area contributed by atoms with E-state index >= 15 is 0 Å². The number of nitrogens with zero attached hydrogens (tertiary/aromatic N) is 4. The molecule has 4 aliphatic rings. The fourth-order valence-electron chi connectivity index (χ4n) is 5.59. The van der Waals surface area contributed by atoms with Crippen LogP contribution in [-0.4, -0.2) is 98.7 Å². The van der Waals surface area contributed by atoms with Gasteiger partial charge >= 0.3 is 0 Å². The molecule has 228 valence electrons. The molecule has 0 saturated carbocycles. The van der Waals surface area contributed by atoms with Gasteiger partial charge in [-0.05, 0) is 51.4 Å². The summed E-state index contributed by atoms with van der Waals surface area (Å²) in [6, 6.07) is 8.63. The van der Waals surface area contributed by atoms with E-state index in [1.54, 1.807) is 0 Å². The van der Waals surface area contributed by atoms with Gasteiger partial charge in [0.1, 0.15) is 12.2 Å². The van der Waals surface area contributed by atoms with Crippen molar-refractivity contribution >= 4 is 0 Å². The minimum atomic E-state index is 0.288. The smallest absolute Gasteiger partial charge is 0.217 e. The van der Waals surface area contributed by atoms with Crippen LogP contribution in [0, 0.1) is 0 Å². The highest BCUT2D eigenvalue weighted by Gasteiger charge is 2.30. The van der Waals surface area contributed by atoms with Crippen LogP contribution in [0.25, 0.3) is 0 Å². The van der Waals surface area contributed by atoms with Gasteiger partial charge in [0.05, 0.1) is 13.2 Å². The largest absolute Gasteiger partial charge is 0.471 e. The Labute approximate surface area is 247 Å². The summed E-state index contributed by atoms with van der Waals surface area (Å²) in [6.45, 7) is 17.7. The maximum absolute atomic E-state index is 6.15. The van der Waals surface area contributed by atoms with Gasteiger partial charge in [-0.15, -0.1) is 0 Å². The van der Waals surface area contributed by atoms with E-state index in [9.17, 15) is 0 Å². The van der Waals surface area contributed by atoms with E-state index in [0.29, 0.717) is 23.9 Å². The average Bonchev–Trinajstić information content (AvgIpc) is 3.68. The summed E-state index contributed by atoms with van der Waals surface area (Å²) in [5, 5.41) is 0. The molecule has 0 bridgehead atoms. The molecule has 6 heterocycles. The first-order valence-electron chi connectivity index (χ1n) is 15.8. The van der Waals surface area contributed by atoms with E-state index in [0.717, 1.165) is 95.0 Å². The molecule has 4 fully saturated rings. The summed E-state index contributed by atoms with van der Waals surface area (Å²) in [7, 11) is 4.23. The number of hydrogen-bond acceptors (Lipinski definition) is 8. The number of likely N-dealkylation sites (N-methyl/N-ethyl adjacent to an activating group) is 2. The van der Waals surface area contributed by atoms with Gasteiger partial charge in [0.15, 0.2) is 0 Å². The Hall–Kier alpha value is -2.26. The maximum atomic E-state index is 6.15. The zero-order valence-corrected chi connectivity index (χ0v) is 26.4. The predicted molar refractivity (Wildman–Crippen MR) is 163 cm³/mol. The van der Waals surface area contributed by atoms with Gasteiger partial charge < -0.3 is 18.9 Å². The van der Waals surface area contributed by atoms with Crippen LogP contribution in [0.5, 0.6) is 11.8 Å². The molecule has 0 spiro atoms. The number of likely N-dealkylation sites (tertiary alicyclic amines) is 2. The monoisotopic (exact) mass is 568 g/mol. The summed E-state index contributed by atoms with van der Waals surface area (Å²) in [5.41, 5.74) is 4.66. The highest BCUT2D eigenvalue weighted by Crippen LogP contribution is 2.34. The summed E-state index contributed by atoms with van der Waals surface area (Å²) < 4.78 is 23.3. The molecule has 4 saturated heterocycles. The van der Waals surface area contributed by atoms with Gasteiger partial charge in [-0.1, -0.05) is 46.8 Å². The molecule has 2 atom stereocenters. The number of hydrogen-bond donors (Lipinski definition) is 0. The SMILES string of the molecule is CC.CC(C)c1ccc(C2CCOC2)c(OC2CN(C)C2)n1.CCc1ccc([C@@H]2CCOC2)c(OC2CN(C)C2)n1. The fourth-order valence-corrected chi connectivity index (χ4v) is 5.59. The van der Waals surface area contributed by atoms with Crippen molar-refractivity contribution in [1.82, 2.24) is 19.8 Å². The minimum absolute atomic E-state index is 0.288. The molecule has 6 rings (SSSR count). The molecule has 4 aliphatic heterocycles. The quantitative estimate of drug-likeness (QED) is 0.427. The van der Waals surface area contributed by atoms with Crippen molar-refractivity contribution in [3.8, 4) is 11.8 Å². The van der Waals surface area contributed by atoms with Crippen LogP contribution in [0.15, 0.2) is 24.3 Å². The standard InChI is InChI=1S/C16H24N2O2.C15H22N2O2.C2H6/c1-11(2)15-5-4-14(12-6-7-19-10-12)16(17-15)20-13-8-18(3)9-13;1-3-12-4-5-14(11-6-7-18-10-11)15(16-12)19-13-8-17(2)9-13;1-2/h4-5,11-13H,6-10H2,1-3H3;4-5,11,13H,3,6-10H2,1-2H3;1-2H3/t;11-;/m.1./s1. The summed E-state index contributed by atoms with van der Waals surface area (Å²) in [5.74, 6) is 3.00. The van der Waals surface area contributed by atoms with Crippen molar-refractivity contribution in [2.24, 2.45) is 0 Å². The predicted octanol–water partition coefficient (Wildman–Crippen LogP) is 5.27. The molecule has 8 nitrogen and oxygen atoms in total. The number of rotatable bonds is 8. The van der Waals surface area contributed by atoms with Crippen molar-refractivity contribution in [3.63, 3.8) is 0 Å². The van der Waals surface area contributed by atoms with Gasteiger partial charge in [-0.25, -0.2) is 9.97 Å². The lowest BCUT2D eigenvalue weighted by Gasteiger charge is -2.36. The first-order valence-corrected chi connectivity index (χ1v) is 15.8. The number of aromatic nitrogens is 2. The molecule has 0 aromatic carbocycles. The zero-order valence-electron chi connectivity index (χ0n) is 26.4. The third-order valence-corrected chi connectivity index (χ3v) is 8.17. The summed E-state index contributed by atoms with van der Waals surface area (Å²) >= 11 is 0. The molecule has 2 aromatic heterocycles. The van der Waals surface area contributed by atoms with Gasteiger partial charge in [0, 0.05) is 73.7 Å². The lowest BCUT2D eigenvalue weighted by Crippen LogP contribution is -2.51. The van der Waals surface area contributed by atoms with E-state index in [2.05, 4.69) is 73.9 Å². The first kappa shape index (κ1) is 31.7. The average molecular weight is 569 g/mol. The van der Waals surface area contributed by atoms with Gasteiger partial charge in [0.2, 0.25) is 11.8 Å². The van der Waals surface area contributed by atoms with E-state index in [1.807, 2.05) is 13.8 Å². The molecule has 41 heavy (non-hydrogen) atoms. The molecular formula is C33H52N4O4. The van der Waals surface area contributed by atoms with Crippen molar-refractivity contribution in [2.45, 2.75) is 83.8 Å². The minimum Gasteiger partial charge on any atom is -0.471 e. The van der Waals surface area contributed by atoms with Crippen molar-refractivity contribution in [3.05, 3.63) is 46.8 Å². The van der Waals surface area contributed by atoms with E-state index in [4.69, 9.17) is 23.9 Å². The van der Waals surface area contributed by atoms with E-state index in [1.165, 1.54) is 11.1 Å². The van der Waals surface area contributed by atoms with E-state index in [-0.39, 0.29) is 6.10 Å². The number of ether oxygens (including phenoxy) is 4. The topological polar surface area (TPSA) is 69.2 Å². The number of pyridine rings is 2. The molecule has 2 aromatic rings. The normalized spacial score (nSPS) is 23.2. The molecule has 8 heteroatoms. The Kier molecular flexibility index (Phi) is 11.8. The molecule has 0 radical (unpaired) electrons.